The summed E-state index contributed by atoms with van der Waals surface area (Å²) in [6.45, 7) is 3.17. The lowest BCUT2D eigenvalue weighted by Gasteiger charge is -2.37. The Kier molecular flexibility index (Phi) is 5.68. The van der Waals surface area contributed by atoms with E-state index in [1.807, 2.05) is 0 Å². The van der Waals surface area contributed by atoms with E-state index >= 15 is 0 Å². The van der Waals surface area contributed by atoms with Gasteiger partial charge in [0.2, 0.25) is 10.0 Å². The highest BCUT2D eigenvalue weighted by molar-refractivity contribution is 7.89. The lowest BCUT2D eigenvalue weighted by Crippen LogP contribution is -2.47. The molecule has 0 unspecified atom stereocenters. The molecule has 3 heterocycles. The van der Waals surface area contributed by atoms with Crippen molar-refractivity contribution in [2.24, 2.45) is 0 Å². The fourth-order valence-electron chi connectivity index (χ4n) is 4.10. The number of benzene rings is 1. The molecule has 1 amide bonds. The van der Waals surface area contributed by atoms with Crippen LogP contribution >= 0.6 is 11.6 Å². The first kappa shape index (κ1) is 20.1. The van der Waals surface area contributed by atoms with Crippen LogP contribution in [0.15, 0.2) is 23.1 Å². The molecule has 1 spiro atoms. The average Bonchev–Trinajstić information content (AvgIpc) is 3.17. The molecule has 0 atom stereocenters. The summed E-state index contributed by atoms with van der Waals surface area (Å²) in [5, 5.41) is 0.146. The van der Waals surface area contributed by atoms with Crippen LogP contribution < -0.4 is 0 Å². The zero-order chi connectivity index (χ0) is 19.8. The number of ether oxygens (including phenoxy) is 2. The van der Waals surface area contributed by atoms with Crippen molar-refractivity contribution in [3.05, 3.63) is 28.8 Å². The quantitative estimate of drug-likeness (QED) is 0.739. The second-order valence-corrected chi connectivity index (χ2v) is 9.82. The van der Waals surface area contributed by atoms with Crippen molar-refractivity contribution in [2.45, 2.75) is 42.8 Å². The molecule has 0 radical (unpaired) electrons. The summed E-state index contributed by atoms with van der Waals surface area (Å²) in [6.07, 6.45) is 3.95. The maximum atomic E-state index is 13.0. The fraction of sp³-hybridized carbons (Fsp3) is 0.632. The molecule has 7 nitrogen and oxygen atoms in total. The minimum Gasteiger partial charge on any atom is -0.347 e. The Morgan fingerprint density at radius 3 is 2.29 bits per heavy atom. The molecule has 0 N–H and O–H groups in total. The van der Waals surface area contributed by atoms with Crippen LogP contribution in [0.5, 0.6) is 0 Å². The number of rotatable bonds is 3. The molecule has 28 heavy (non-hydrogen) atoms. The monoisotopic (exact) mass is 428 g/mol. The molecule has 4 rings (SSSR count). The summed E-state index contributed by atoms with van der Waals surface area (Å²) in [5.41, 5.74) is 0.337. The van der Waals surface area contributed by atoms with Crippen molar-refractivity contribution in [3.8, 4) is 0 Å². The number of nitrogens with zero attached hydrogens (tertiary/aromatic N) is 2. The number of amides is 1. The maximum absolute atomic E-state index is 13.0. The van der Waals surface area contributed by atoms with Gasteiger partial charge in [-0.2, -0.15) is 4.31 Å². The van der Waals surface area contributed by atoms with Crippen molar-refractivity contribution in [3.63, 3.8) is 0 Å². The first-order chi connectivity index (χ1) is 13.4. The van der Waals surface area contributed by atoms with E-state index in [4.69, 9.17) is 21.1 Å². The molecule has 3 saturated heterocycles. The van der Waals surface area contributed by atoms with E-state index in [9.17, 15) is 13.2 Å². The summed E-state index contributed by atoms with van der Waals surface area (Å²) in [5.74, 6) is -0.751. The smallest absolute Gasteiger partial charge is 0.253 e. The zero-order valence-electron chi connectivity index (χ0n) is 15.7. The largest absolute Gasteiger partial charge is 0.347 e. The van der Waals surface area contributed by atoms with Crippen molar-refractivity contribution in [1.82, 2.24) is 9.21 Å². The van der Waals surface area contributed by atoms with Gasteiger partial charge in [-0.1, -0.05) is 18.0 Å². The van der Waals surface area contributed by atoms with Gasteiger partial charge in [0.25, 0.3) is 5.91 Å². The van der Waals surface area contributed by atoms with E-state index in [1.165, 1.54) is 16.4 Å². The van der Waals surface area contributed by atoms with Gasteiger partial charge in [-0.25, -0.2) is 8.42 Å². The second kappa shape index (κ2) is 7.91. The fourth-order valence-corrected chi connectivity index (χ4v) is 6.11. The topological polar surface area (TPSA) is 76.2 Å². The highest BCUT2D eigenvalue weighted by Gasteiger charge is 2.41. The summed E-state index contributed by atoms with van der Waals surface area (Å²) in [4.78, 5) is 14.7. The molecule has 3 fully saturated rings. The predicted octanol–water partition coefficient (Wildman–Crippen LogP) is 2.49. The standard InChI is InChI=1S/C19H25ClN2O5S/c20-16-5-4-15(14-17(16)28(24,25)22-8-2-1-3-9-22)18(23)21-10-6-19(7-11-21)26-12-13-27-19/h4-5,14H,1-3,6-13H2. The third-order valence-electron chi connectivity index (χ3n) is 5.74. The molecule has 1 aromatic rings. The van der Waals surface area contributed by atoms with Crippen molar-refractivity contribution < 1.29 is 22.7 Å². The van der Waals surface area contributed by atoms with Gasteiger partial charge in [0.15, 0.2) is 5.79 Å². The summed E-state index contributed by atoms with van der Waals surface area (Å²) in [6, 6.07) is 4.51. The summed E-state index contributed by atoms with van der Waals surface area (Å²) in [7, 11) is -3.71. The van der Waals surface area contributed by atoms with Gasteiger partial charge in [0.1, 0.15) is 4.90 Å². The highest BCUT2D eigenvalue weighted by Crippen LogP contribution is 2.33. The normalized spacial score (nSPS) is 23.2. The summed E-state index contributed by atoms with van der Waals surface area (Å²) >= 11 is 6.21. The number of halogens is 1. The van der Waals surface area contributed by atoms with E-state index in [0.29, 0.717) is 57.8 Å². The first-order valence-electron chi connectivity index (χ1n) is 9.78. The molecule has 3 aliphatic heterocycles. The van der Waals surface area contributed by atoms with Gasteiger partial charge in [-0.05, 0) is 31.0 Å². The maximum Gasteiger partial charge on any atom is 0.253 e. The number of carbonyl (C=O) groups is 1. The first-order valence-corrected chi connectivity index (χ1v) is 11.6. The van der Waals surface area contributed by atoms with Gasteiger partial charge in [0.05, 0.1) is 18.2 Å². The third-order valence-corrected chi connectivity index (χ3v) is 8.12. The van der Waals surface area contributed by atoms with Crippen molar-refractivity contribution in [2.75, 3.05) is 39.4 Å². The predicted molar refractivity (Wildman–Crippen MR) is 104 cm³/mol. The van der Waals surface area contributed by atoms with Crippen LogP contribution in [0.1, 0.15) is 42.5 Å². The van der Waals surface area contributed by atoms with Crippen LogP contribution in [-0.2, 0) is 19.5 Å². The minimum absolute atomic E-state index is 0.0119. The van der Waals surface area contributed by atoms with E-state index in [1.54, 1.807) is 11.0 Å². The second-order valence-electron chi connectivity index (χ2n) is 7.51. The van der Waals surface area contributed by atoms with E-state index < -0.39 is 15.8 Å². The minimum atomic E-state index is -3.71. The Morgan fingerprint density at radius 1 is 1.00 bits per heavy atom. The van der Waals surface area contributed by atoms with Crippen LogP contribution in [0.2, 0.25) is 5.02 Å². The van der Waals surface area contributed by atoms with Crippen LogP contribution in [0.3, 0.4) is 0 Å². The van der Waals surface area contributed by atoms with Crippen molar-refractivity contribution in [1.29, 1.82) is 0 Å². The third kappa shape index (κ3) is 3.80. The lowest BCUT2D eigenvalue weighted by molar-refractivity contribution is -0.181. The number of likely N-dealkylation sites (tertiary alicyclic amines) is 1. The highest BCUT2D eigenvalue weighted by atomic mass is 35.5. The van der Waals surface area contributed by atoms with Gasteiger partial charge in [0, 0.05) is 44.6 Å². The Labute approximate surface area is 170 Å². The molecular formula is C19H25ClN2O5S. The number of carbonyl (C=O) groups excluding carboxylic acids is 1. The SMILES string of the molecule is O=C(c1ccc(Cl)c(S(=O)(=O)N2CCCCC2)c1)N1CCC2(CC1)OCCO2. The number of sulfonamides is 1. The Morgan fingerprint density at radius 2 is 1.64 bits per heavy atom. The van der Waals surface area contributed by atoms with Gasteiger partial charge >= 0.3 is 0 Å². The average molecular weight is 429 g/mol. The molecule has 0 saturated carbocycles. The molecule has 0 aromatic heterocycles. The van der Waals surface area contributed by atoms with Gasteiger partial charge < -0.3 is 14.4 Å². The molecule has 3 aliphatic rings. The molecule has 154 valence electrons. The zero-order valence-corrected chi connectivity index (χ0v) is 17.3. The van der Waals surface area contributed by atoms with Crippen molar-refractivity contribution >= 4 is 27.5 Å². The van der Waals surface area contributed by atoms with Crippen LogP contribution in [0.4, 0.5) is 0 Å². The Bertz CT molecular complexity index is 838. The Balaban J connectivity index is 1.52. The molecule has 0 bridgehead atoms. The van der Waals surface area contributed by atoms with E-state index in [2.05, 4.69) is 0 Å². The number of hydrogen-bond acceptors (Lipinski definition) is 5. The van der Waals surface area contributed by atoms with E-state index in [-0.39, 0.29) is 15.8 Å². The van der Waals surface area contributed by atoms with Gasteiger partial charge in [-0.15, -0.1) is 0 Å². The summed E-state index contributed by atoms with van der Waals surface area (Å²) < 4.78 is 38.9. The molecule has 9 heteroatoms. The molecular weight excluding hydrogens is 404 g/mol. The van der Waals surface area contributed by atoms with Crippen LogP contribution in [0.25, 0.3) is 0 Å². The Hall–Kier alpha value is -1.19. The molecule has 1 aromatic carbocycles. The number of hydrogen-bond donors (Lipinski definition) is 0. The molecule has 0 aliphatic carbocycles. The van der Waals surface area contributed by atoms with Crippen LogP contribution in [0, 0.1) is 0 Å². The lowest BCUT2D eigenvalue weighted by atomic mass is 10.0. The van der Waals surface area contributed by atoms with Crippen LogP contribution in [-0.4, -0.2) is 68.7 Å². The van der Waals surface area contributed by atoms with E-state index in [0.717, 1.165) is 19.3 Å². The number of piperidine rings is 2. The van der Waals surface area contributed by atoms with Gasteiger partial charge in [-0.3, -0.25) is 4.79 Å².